The number of imidazole rings is 2. The zero-order valence-electron chi connectivity index (χ0n) is 22.7. The van der Waals surface area contributed by atoms with Crippen molar-refractivity contribution in [2.45, 2.75) is 0 Å². The Hall–Kier alpha value is -5.49. The van der Waals surface area contributed by atoms with Gasteiger partial charge in [-0.05, 0) is 54.6 Å². The molecule has 0 N–H and O–H groups in total. The van der Waals surface area contributed by atoms with Crippen molar-refractivity contribution in [1.29, 1.82) is 0 Å². The van der Waals surface area contributed by atoms with E-state index < -0.39 is 0 Å². The number of aromatic nitrogens is 6. The Morgan fingerprint density at radius 2 is 1.34 bits per heavy atom. The van der Waals surface area contributed by atoms with Crippen LogP contribution in [-0.2, 0) is 14.1 Å². The Kier molecular flexibility index (Phi) is 5.15. The third-order valence-corrected chi connectivity index (χ3v) is 7.94. The van der Waals surface area contributed by atoms with Crippen molar-refractivity contribution in [3.05, 3.63) is 122 Å². The zero-order valence-corrected chi connectivity index (χ0v) is 22.7. The van der Waals surface area contributed by atoms with E-state index in [-0.39, 0.29) is 0 Å². The molecule has 0 fully saturated rings. The lowest BCUT2D eigenvalue weighted by Crippen LogP contribution is -1.99. The Morgan fingerprint density at radius 1 is 0.561 bits per heavy atom. The smallest absolute Gasteiger partial charge is 0.140 e. The molecule has 4 heterocycles. The second-order valence-electron chi connectivity index (χ2n) is 10.4. The highest BCUT2D eigenvalue weighted by Gasteiger charge is 2.18. The molecule has 0 aliphatic rings. The van der Waals surface area contributed by atoms with E-state index in [4.69, 9.17) is 4.98 Å². The third kappa shape index (κ3) is 3.68. The Balaban J connectivity index is 1.43. The van der Waals surface area contributed by atoms with Crippen molar-refractivity contribution >= 4 is 32.8 Å². The minimum absolute atomic E-state index is 0.908. The number of rotatable bonds is 4. The van der Waals surface area contributed by atoms with Crippen LogP contribution in [0.3, 0.4) is 0 Å². The fourth-order valence-electron chi connectivity index (χ4n) is 5.99. The normalized spacial score (nSPS) is 11.7. The highest BCUT2D eigenvalue weighted by atomic mass is 15.1. The molecule has 0 unspecified atom stereocenters. The summed E-state index contributed by atoms with van der Waals surface area (Å²) in [7, 11) is 4.11. The molecule has 6 heteroatoms. The van der Waals surface area contributed by atoms with Crippen LogP contribution in [0.2, 0.25) is 0 Å². The maximum Gasteiger partial charge on any atom is 0.140 e. The zero-order chi connectivity index (χ0) is 27.5. The molecule has 4 aromatic heterocycles. The average molecular weight is 531 g/mol. The van der Waals surface area contributed by atoms with Gasteiger partial charge in [-0.15, -0.1) is 0 Å². The molecule has 0 amide bonds. The van der Waals surface area contributed by atoms with Gasteiger partial charge in [0.05, 0.1) is 27.8 Å². The minimum Gasteiger partial charge on any atom is -0.334 e. The van der Waals surface area contributed by atoms with Gasteiger partial charge in [0.2, 0.25) is 0 Å². The van der Waals surface area contributed by atoms with Gasteiger partial charge in [0, 0.05) is 65.8 Å². The summed E-state index contributed by atoms with van der Waals surface area (Å²) in [5, 5.41) is 2.41. The lowest BCUT2D eigenvalue weighted by Gasteiger charge is -2.14. The number of nitrogens with zero attached hydrogens (tertiary/aromatic N) is 6. The molecule has 0 radical (unpaired) electrons. The predicted octanol–water partition coefficient (Wildman–Crippen LogP) is 7.80. The van der Waals surface area contributed by atoms with Gasteiger partial charge in [-0.2, -0.15) is 0 Å². The average Bonchev–Trinajstić information content (AvgIpc) is 3.70. The van der Waals surface area contributed by atoms with Crippen LogP contribution in [0, 0.1) is 0 Å². The molecule has 8 rings (SSSR count). The van der Waals surface area contributed by atoms with Crippen LogP contribution in [0.15, 0.2) is 122 Å². The van der Waals surface area contributed by atoms with E-state index in [2.05, 4.69) is 116 Å². The summed E-state index contributed by atoms with van der Waals surface area (Å²) >= 11 is 0. The van der Waals surface area contributed by atoms with E-state index in [9.17, 15) is 0 Å². The predicted molar refractivity (Wildman–Crippen MR) is 166 cm³/mol. The number of aryl methyl sites for hydroxylation is 2. The molecule has 0 aliphatic carbocycles. The van der Waals surface area contributed by atoms with E-state index >= 15 is 0 Å². The largest absolute Gasteiger partial charge is 0.334 e. The lowest BCUT2D eigenvalue weighted by atomic mass is 10.0. The monoisotopic (exact) mass is 530 g/mol. The Labute approximate surface area is 236 Å². The molecule has 8 aromatic rings. The molecule has 41 heavy (non-hydrogen) atoms. The SMILES string of the molecule is Cn1ccnc1-c1cc(-c2ccccn2)cc(-n2c3ccccc3c3ccc(-c4nc5ccccc5n4C)cc32)c1. The number of hydrogen-bond donors (Lipinski definition) is 0. The maximum absolute atomic E-state index is 4.99. The quantitative estimate of drug-likeness (QED) is 0.233. The second kappa shape index (κ2) is 9.03. The fraction of sp³-hybridized carbons (Fsp3) is 0.0571. The molecule has 6 nitrogen and oxygen atoms in total. The van der Waals surface area contributed by atoms with Crippen LogP contribution >= 0.6 is 0 Å². The molecular weight excluding hydrogens is 504 g/mol. The second-order valence-corrected chi connectivity index (χ2v) is 10.4. The van der Waals surface area contributed by atoms with Crippen molar-refractivity contribution in [3.63, 3.8) is 0 Å². The van der Waals surface area contributed by atoms with Gasteiger partial charge >= 0.3 is 0 Å². The van der Waals surface area contributed by atoms with Gasteiger partial charge < -0.3 is 13.7 Å². The molecule has 0 atom stereocenters. The van der Waals surface area contributed by atoms with E-state index in [0.717, 1.165) is 61.8 Å². The summed E-state index contributed by atoms with van der Waals surface area (Å²) in [6.07, 6.45) is 5.66. The fourth-order valence-corrected chi connectivity index (χ4v) is 5.99. The molecule has 4 aromatic carbocycles. The van der Waals surface area contributed by atoms with E-state index in [1.807, 2.05) is 43.8 Å². The van der Waals surface area contributed by atoms with Crippen molar-refractivity contribution in [2.24, 2.45) is 14.1 Å². The van der Waals surface area contributed by atoms with Gasteiger partial charge in [-0.25, -0.2) is 9.97 Å². The first-order valence-electron chi connectivity index (χ1n) is 13.7. The van der Waals surface area contributed by atoms with Crippen molar-refractivity contribution in [3.8, 4) is 39.7 Å². The lowest BCUT2D eigenvalue weighted by molar-refractivity contribution is 0.924. The van der Waals surface area contributed by atoms with Crippen LogP contribution in [0.1, 0.15) is 0 Å². The summed E-state index contributed by atoms with van der Waals surface area (Å²) in [6, 6.07) is 36.2. The summed E-state index contributed by atoms with van der Waals surface area (Å²) in [5.74, 6) is 1.85. The van der Waals surface area contributed by atoms with Crippen molar-refractivity contribution in [1.82, 2.24) is 28.7 Å². The van der Waals surface area contributed by atoms with Crippen LogP contribution < -0.4 is 0 Å². The van der Waals surface area contributed by atoms with E-state index in [1.165, 1.54) is 10.8 Å². The van der Waals surface area contributed by atoms with Crippen LogP contribution in [0.25, 0.3) is 72.6 Å². The highest BCUT2D eigenvalue weighted by molar-refractivity contribution is 6.10. The van der Waals surface area contributed by atoms with Crippen LogP contribution in [-0.4, -0.2) is 28.7 Å². The molecule has 0 bridgehead atoms. The molecular formula is C35H26N6. The molecule has 0 saturated carbocycles. The van der Waals surface area contributed by atoms with Crippen LogP contribution in [0.4, 0.5) is 0 Å². The number of hydrogen-bond acceptors (Lipinski definition) is 3. The Morgan fingerprint density at radius 3 is 2.15 bits per heavy atom. The van der Waals surface area contributed by atoms with Crippen molar-refractivity contribution in [2.75, 3.05) is 0 Å². The maximum atomic E-state index is 4.99. The van der Waals surface area contributed by atoms with E-state index in [1.54, 1.807) is 0 Å². The number of para-hydroxylation sites is 3. The van der Waals surface area contributed by atoms with Gasteiger partial charge in [0.1, 0.15) is 11.6 Å². The molecule has 0 saturated heterocycles. The first-order chi connectivity index (χ1) is 20.2. The van der Waals surface area contributed by atoms with E-state index in [0.29, 0.717) is 0 Å². The molecule has 0 aliphatic heterocycles. The summed E-state index contributed by atoms with van der Waals surface area (Å²) in [5.41, 5.74) is 9.51. The van der Waals surface area contributed by atoms with Gasteiger partial charge in [-0.1, -0.05) is 48.5 Å². The highest BCUT2D eigenvalue weighted by Crippen LogP contribution is 2.37. The summed E-state index contributed by atoms with van der Waals surface area (Å²) in [4.78, 5) is 14.3. The first-order valence-corrected chi connectivity index (χ1v) is 13.7. The van der Waals surface area contributed by atoms with Crippen molar-refractivity contribution < 1.29 is 0 Å². The van der Waals surface area contributed by atoms with Gasteiger partial charge in [0.25, 0.3) is 0 Å². The minimum atomic E-state index is 0.908. The standard InChI is InChI=1S/C35H26N6/c1-39-18-17-37-34(39)25-19-24(29-10-7-8-16-36-29)20-26(21-25)41-31-12-5-3-9-27(31)28-15-14-23(22-33(28)41)35-38-30-11-4-6-13-32(30)40(35)2/h3-22H,1-2H3. The Bertz CT molecular complexity index is 2230. The third-order valence-electron chi connectivity index (χ3n) is 7.94. The van der Waals surface area contributed by atoms with Gasteiger partial charge in [0.15, 0.2) is 0 Å². The first kappa shape index (κ1) is 23.4. The van der Waals surface area contributed by atoms with Gasteiger partial charge in [-0.3, -0.25) is 4.98 Å². The number of fused-ring (bicyclic) bond motifs is 4. The number of benzene rings is 4. The summed E-state index contributed by atoms with van der Waals surface area (Å²) in [6.45, 7) is 0. The summed E-state index contributed by atoms with van der Waals surface area (Å²) < 4.78 is 6.58. The topological polar surface area (TPSA) is 53.5 Å². The molecule has 196 valence electrons. The molecule has 0 spiro atoms. The van der Waals surface area contributed by atoms with Crippen LogP contribution in [0.5, 0.6) is 0 Å². The number of pyridine rings is 1.